The molecule has 0 saturated heterocycles. The van der Waals surface area contributed by atoms with Crippen molar-refractivity contribution >= 4 is 23.3 Å². The fraction of sp³-hybridized carbons (Fsp3) is 0.211. The molecule has 4 N–H and O–H groups in total. The van der Waals surface area contributed by atoms with Gasteiger partial charge in [-0.25, -0.2) is 9.02 Å². The van der Waals surface area contributed by atoms with Crippen LogP contribution in [-0.2, 0) is 13.2 Å². The fourth-order valence-electron chi connectivity index (χ4n) is 2.52. The average Bonchev–Trinajstić information content (AvgIpc) is 3.14. The summed E-state index contributed by atoms with van der Waals surface area (Å²) in [6.07, 6.45) is 0. The first-order chi connectivity index (χ1) is 14.0. The van der Waals surface area contributed by atoms with Crippen LogP contribution in [0.3, 0.4) is 0 Å². The Morgan fingerprint density at radius 2 is 1.97 bits per heavy atom. The smallest absolute Gasteiger partial charge is 0.277 e. The van der Waals surface area contributed by atoms with E-state index in [1.807, 2.05) is 0 Å². The predicted molar refractivity (Wildman–Crippen MR) is 105 cm³/mol. The maximum atomic E-state index is 13.8. The molecule has 2 aromatic carbocycles. The Morgan fingerprint density at radius 1 is 1.17 bits per heavy atom. The third-order valence-electron chi connectivity index (χ3n) is 4.00. The van der Waals surface area contributed by atoms with Gasteiger partial charge in [-0.05, 0) is 34.6 Å². The number of hydrogen-bond donors (Lipinski definition) is 3. The number of aromatic nitrogens is 2. The second-order valence-electron chi connectivity index (χ2n) is 6.06. The number of halogens is 3. The lowest BCUT2D eigenvalue weighted by Gasteiger charge is -2.13. The van der Waals surface area contributed by atoms with Crippen LogP contribution in [0.15, 0.2) is 47.1 Å². The number of benzene rings is 2. The summed E-state index contributed by atoms with van der Waals surface area (Å²) in [7, 11) is 0. The van der Waals surface area contributed by atoms with Crippen molar-refractivity contribution in [2.24, 2.45) is 0 Å². The molecule has 8 nitrogen and oxygen atoms in total. The number of nitrogens with two attached hydrogens (primary N) is 1. The molecule has 160 valence electrons. The van der Waals surface area contributed by atoms with Gasteiger partial charge in [0.05, 0.1) is 0 Å². The largest absolute Gasteiger partial charge is 1.00 e. The summed E-state index contributed by atoms with van der Waals surface area (Å²) in [6.45, 7) is 1.34. The molecule has 3 rings (SSSR count). The molecule has 1 amide bonds. The molecule has 11 heteroatoms. The summed E-state index contributed by atoms with van der Waals surface area (Å²) in [4.78, 5) is 11.9. The summed E-state index contributed by atoms with van der Waals surface area (Å²) >= 11 is 6.08. The lowest BCUT2D eigenvalue weighted by atomic mass is 10.2. The zero-order chi connectivity index (χ0) is 20.6. The van der Waals surface area contributed by atoms with Crippen molar-refractivity contribution in [1.82, 2.24) is 20.9 Å². The van der Waals surface area contributed by atoms with Crippen LogP contribution >= 0.6 is 11.6 Å². The molecule has 0 aliphatic rings. The highest BCUT2D eigenvalue weighted by Gasteiger charge is 2.15. The molecule has 0 fully saturated rings. The zero-order valence-corrected chi connectivity index (χ0v) is 17.2. The molecule has 0 saturated carbocycles. The number of carbonyl (C=O) groups excluding carboxylic acids is 1. The lowest BCUT2D eigenvalue weighted by Crippen LogP contribution is -3.00. The number of carbonyl (C=O) groups is 1. The summed E-state index contributed by atoms with van der Waals surface area (Å²) in [5, 5.41) is 13.2. The van der Waals surface area contributed by atoms with E-state index in [9.17, 15) is 9.18 Å². The number of ether oxygens (including phenoxy) is 1. The van der Waals surface area contributed by atoms with Crippen LogP contribution in [0, 0.1) is 5.82 Å². The maximum Gasteiger partial charge on any atom is 0.277 e. The van der Waals surface area contributed by atoms with E-state index >= 15 is 0 Å². The number of nitrogen functional groups attached to an aromatic ring is 1. The fourth-order valence-corrected chi connectivity index (χ4v) is 2.72. The molecule has 0 spiro atoms. The average molecular weight is 455 g/mol. The second-order valence-corrected chi connectivity index (χ2v) is 6.50. The number of hydrogen-bond acceptors (Lipinski definition) is 7. The van der Waals surface area contributed by atoms with Gasteiger partial charge in [-0.2, -0.15) is 0 Å². The monoisotopic (exact) mass is 454 g/mol. The Bertz CT molecular complexity index is 986. The minimum Gasteiger partial charge on any atom is -1.00 e. The summed E-state index contributed by atoms with van der Waals surface area (Å²) in [5.74, 6) is -0.260. The molecule has 0 aliphatic carbocycles. The van der Waals surface area contributed by atoms with Crippen LogP contribution in [-0.4, -0.2) is 29.3 Å². The van der Waals surface area contributed by atoms with Gasteiger partial charge < -0.3 is 33.5 Å². The van der Waals surface area contributed by atoms with Crippen molar-refractivity contribution in [1.29, 1.82) is 0 Å². The van der Waals surface area contributed by atoms with Gasteiger partial charge in [-0.15, -0.1) is 0 Å². The van der Waals surface area contributed by atoms with Crippen molar-refractivity contribution in [3.8, 4) is 5.75 Å². The molecule has 0 aliphatic heterocycles. The van der Waals surface area contributed by atoms with Crippen molar-refractivity contribution in [3.05, 3.63) is 70.1 Å². The quantitative estimate of drug-likeness (QED) is 0.375. The van der Waals surface area contributed by atoms with E-state index in [0.717, 1.165) is 5.56 Å². The van der Waals surface area contributed by atoms with Gasteiger partial charge in [-0.1, -0.05) is 29.8 Å². The van der Waals surface area contributed by atoms with Gasteiger partial charge in [0.15, 0.2) is 0 Å². The number of rotatable bonds is 9. The molecule has 3 aromatic rings. The number of anilines is 1. The van der Waals surface area contributed by atoms with Crippen LogP contribution in [0.2, 0.25) is 5.02 Å². The molecular weight excluding hydrogens is 436 g/mol. The van der Waals surface area contributed by atoms with Gasteiger partial charge in [-0.3, -0.25) is 4.79 Å². The summed E-state index contributed by atoms with van der Waals surface area (Å²) in [5.41, 5.74) is 6.69. The van der Waals surface area contributed by atoms with Gasteiger partial charge in [0.1, 0.15) is 18.2 Å². The van der Waals surface area contributed by atoms with Crippen LogP contribution in [0.25, 0.3) is 0 Å². The summed E-state index contributed by atoms with van der Waals surface area (Å²) in [6, 6.07) is 11.7. The van der Waals surface area contributed by atoms with Crippen LogP contribution in [0.1, 0.15) is 21.6 Å². The minimum atomic E-state index is -0.470. The first-order valence-electron chi connectivity index (χ1n) is 8.76. The van der Waals surface area contributed by atoms with Gasteiger partial charge in [0.2, 0.25) is 11.5 Å². The molecule has 0 bridgehead atoms. The third-order valence-corrected chi connectivity index (χ3v) is 4.23. The first-order valence-corrected chi connectivity index (χ1v) is 9.14. The molecule has 0 unspecified atom stereocenters. The minimum absolute atomic E-state index is 0. The normalized spacial score (nSPS) is 10.3. The molecule has 1 aromatic heterocycles. The van der Waals surface area contributed by atoms with Crippen LogP contribution < -0.4 is 33.5 Å². The zero-order valence-electron chi connectivity index (χ0n) is 15.7. The Kier molecular flexibility index (Phi) is 8.85. The third kappa shape index (κ3) is 6.31. The van der Waals surface area contributed by atoms with E-state index in [2.05, 4.69) is 25.6 Å². The Balaban J connectivity index is 0.00000320. The van der Waals surface area contributed by atoms with Crippen molar-refractivity contribution in [2.75, 3.05) is 18.8 Å². The maximum absolute atomic E-state index is 13.8. The van der Waals surface area contributed by atoms with Crippen molar-refractivity contribution in [2.45, 2.75) is 13.2 Å². The van der Waals surface area contributed by atoms with E-state index < -0.39 is 5.91 Å². The van der Waals surface area contributed by atoms with Crippen molar-refractivity contribution in [3.63, 3.8) is 0 Å². The van der Waals surface area contributed by atoms with Crippen LogP contribution in [0.5, 0.6) is 5.75 Å². The van der Waals surface area contributed by atoms with Gasteiger partial charge in [0.25, 0.3) is 5.91 Å². The highest BCUT2D eigenvalue weighted by Crippen LogP contribution is 2.24. The molecular formula is C19H19Cl2FN5O3-. The number of amides is 1. The predicted octanol–water partition coefficient (Wildman–Crippen LogP) is -0.453. The van der Waals surface area contributed by atoms with E-state index in [-0.39, 0.29) is 36.3 Å². The SMILES string of the molecule is Nc1nonc1C(=O)NCCNCc1cc(Cl)ccc1OCc1ccccc1F.[Cl-]. The Labute approximate surface area is 183 Å². The molecule has 30 heavy (non-hydrogen) atoms. The van der Waals surface area contributed by atoms with E-state index in [1.54, 1.807) is 36.4 Å². The molecule has 0 atom stereocenters. The Morgan fingerprint density at radius 3 is 2.70 bits per heavy atom. The van der Waals surface area contributed by atoms with E-state index in [1.165, 1.54) is 6.07 Å². The summed E-state index contributed by atoms with van der Waals surface area (Å²) < 4.78 is 23.9. The standard InChI is InChI=1S/C19H19ClFN5O3.ClH/c20-14-5-6-16(28-11-12-3-1-2-4-15(12)21)13(9-14)10-23-7-8-24-19(27)17-18(22)26-29-25-17;/h1-6,9,23H,7-8,10-11H2,(H2,22,26)(H,24,27);1H/p-1. The van der Waals surface area contributed by atoms with Gasteiger partial charge >= 0.3 is 0 Å². The number of nitrogens with zero attached hydrogens (tertiary/aromatic N) is 2. The van der Waals surface area contributed by atoms with Crippen molar-refractivity contribution < 1.29 is 31.0 Å². The first kappa shape index (κ1) is 23.4. The lowest BCUT2D eigenvalue weighted by molar-refractivity contribution is -0.0000156. The Hall–Kier alpha value is -2.88. The van der Waals surface area contributed by atoms with E-state index in [4.69, 9.17) is 22.1 Å². The highest BCUT2D eigenvalue weighted by atomic mass is 35.5. The molecule has 1 heterocycles. The van der Waals surface area contributed by atoms with E-state index in [0.29, 0.717) is 36.0 Å². The highest BCUT2D eigenvalue weighted by molar-refractivity contribution is 6.30. The van der Waals surface area contributed by atoms with Crippen LogP contribution in [0.4, 0.5) is 10.2 Å². The van der Waals surface area contributed by atoms with Gasteiger partial charge in [0, 0.05) is 35.8 Å². The topological polar surface area (TPSA) is 115 Å². The second kappa shape index (κ2) is 11.3. The molecule has 0 radical (unpaired) electrons. The number of nitrogens with one attached hydrogen (secondary N) is 2.